The summed E-state index contributed by atoms with van der Waals surface area (Å²) in [4.78, 5) is 4.81. The Bertz CT molecular complexity index is 174. The molecule has 4 heteroatoms. The molecular formula is C10H22N4. The van der Waals surface area contributed by atoms with Crippen LogP contribution in [0.1, 0.15) is 6.42 Å². The first-order chi connectivity index (χ1) is 6.77. The lowest BCUT2D eigenvalue weighted by Gasteiger charge is -2.35. The van der Waals surface area contributed by atoms with Gasteiger partial charge in [0.15, 0.2) is 0 Å². The maximum absolute atomic E-state index is 6.29. The third kappa shape index (κ3) is 2.25. The van der Waals surface area contributed by atoms with Gasteiger partial charge in [-0.25, -0.2) is 0 Å². The Morgan fingerprint density at radius 1 is 1.29 bits per heavy atom. The van der Waals surface area contributed by atoms with Crippen LogP contribution in [-0.4, -0.2) is 62.3 Å². The molecule has 82 valence electrons. The van der Waals surface area contributed by atoms with Crippen LogP contribution in [0.5, 0.6) is 0 Å². The van der Waals surface area contributed by atoms with Crippen LogP contribution < -0.4 is 11.1 Å². The van der Waals surface area contributed by atoms with Gasteiger partial charge < -0.3 is 16.0 Å². The van der Waals surface area contributed by atoms with E-state index in [1.807, 2.05) is 0 Å². The van der Waals surface area contributed by atoms with E-state index in [0.717, 1.165) is 26.2 Å². The molecule has 0 aromatic carbocycles. The van der Waals surface area contributed by atoms with Gasteiger partial charge in [0.1, 0.15) is 0 Å². The molecule has 0 aromatic rings. The van der Waals surface area contributed by atoms with Crippen molar-refractivity contribution in [1.82, 2.24) is 15.1 Å². The number of rotatable bonds is 2. The zero-order chi connectivity index (χ0) is 9.97. The van der Waals surface area contributed by atoms with Crippen LogP contribution in [0, 0.1) is 5.92 Å². The van der Waals surface area contributed by atoms with Gasteiger partial charge in [-0.3, -0.25) is 4.90 Å². The Hall–Kier alpha value is -0.160. The zero-order valence-corrected chi connectivity index (χ0v) is 9.08. The van der Waals surface area contributed by atoms with E-state index in [4.69, 9.17) is 5.73 Å². The summed E-state index contributed by atoms with van der Waals surface area (Å²) in [5, 5.41) is 3.36. The van der Waals surface area contributed by atoms with Crippen LogP contribution in [0.2, 0.25) is 0 Å². The minimum Gasteiger partial charge on any atom is -0.315 e. The number of likely N-dealkylation sites (tertiary alicyclic amines) is 1. The molecular weight excluding hydrogens is 176 g/mol. The maximum Gasteiger partial charge on any atom is 0.0614 e. The van der Waals surface area contributed by atoms with E-state index >= 15 is 0 Å². The Kier molecular flexibility index (Phi) is 3.38. The van der Waals surface area contributed by atoms with Crippen LogP contribution in [0.4, 0.5) is 0 Å². The monoisotopic (exact) mass is 198 g/mol. The normalized spacial score (nSPS) is 33.4. The number of nitrogens with one attached hydrogen (secondary N) is 1. The molecule has 2 fully saturated rings. The fourth-order valence-electron chi connectivity index (χ4n) is 2.53. The second-order valence-corrected chi connectivity index (χ2v) is 4.59. The molecule has 0 aliphatic carbocycles. The van der Waals surface area contributed by atoms with Crippen LogP contribution in [-0.2, 0) is 0 Å². The zero-order valence-electron chi connectivity index (χ0n) is 9.08. The van der Waals surface area contributed by atoms with Crippen molar-refractivity contribution in [3.8, 4) is 0 Å². The van der Waals surface area contributed by atoms with Gasteiger partial charge in [-0.1, -0.05) is 0 Å². The van der Waals surface area contributed by atoms with Crippen LogP contribution >= 0.6 is 0 Å². The number of hydrogen-bond acceptors (Lipinski definition) is 4. The molecule has 2 aliphatic rings. The lowest BCUT2D eigenvalue weighted by atomic mass is 10.0. The standard InChI is InChI=1S/C10H22N4/c1-13-5-2-9(8-13)10(11)14-6-3-12-4-7-14/h9-10,12H,2-8,11H2,1H3. The van der Waals surface area contributed by atoms with Crippen LogP contribution in [0.3, 0.4) is 0 Å². The van der Waals surface area contributed by atoms with Crippen molar-refractivity contribution in [2.24, 2.45) is 11.7 Å². The molecule has 2 heterocycles. The summed E-state index contributed by atoms with van der Waals surface area (Å²) in [5.41, 5.74) is 6.29. The fourth-order valence-corrected chi connectivity index (χ4v) is 2.53. The second kappa shape index (κ2) is 4.57. The van der Waals surface area contributed by atoms with E-state index in [1.54, 1.807) is 0 Å². The Labute approximate surface area is 86.4 Å². The van der Waals surface area contributed by atoms with Crippen molar-refractivity contribution in [2.45, 2.75) is 12.6 Å². The highest BCUT2D eigenvalue weighted by atomic mass is 15.3. The highest BCUT2D eigenvalue weighted by molar-refractivity contribution is 4.84. The van der Waals surface area contributed by atoms with Gasteiger partial charge in [0.25, 0.3) is 0 Å². The molecule has 0 saturated carbocycles. The van der Waals surface area contributed by atoms with Crippen molar-refractivity contribution < 1.29 is 0 Å². The maximum atomic E-state index is 6.29. The predicted molar refractivity (Wildman–Crippen MR) is 58.0 cm³/mol. The SMILES string of the molecule is CN1CCC(C(N)N2CCNCC2)C1. The summed E-state index contributed by atoms with van der Waals surface area (Å²) < 4.78 is 0. The molecule has 3 N–H and O–H groups in total. The molecule has 0 radical (unpaired) electrons. The van der Waals surface area contributed by atoms with Crippen molar-refractivity contribution in [3.63, 3.8) is 0 Å². The molecule has 2 unspecified atom stereocenters. The van der Waals surface area contributed by atoms with Crippen molar-refractivity contribution in [3.05, 3.63) is 0 Å². The molecule has 14 heavy (non-hydrogen) atoms. The highest BCUT2D eigenvalue weighted by Crippen LogP contribution is 2.19. The van der Waals surface area contributed by atoms with Crippen molar-refractivity contribution in [2.75, 3.05) is 46.3 Å². The molecule has 2 atom stereocenters. The van der Waals surface area contributed by atoms with Gasteiger partial charge in [0, 0.05) is 38.6 Å². The molecule has 2 aliphatic heterocycles. The molecule has 2 rings (SSSR count). The molecule has 0 aromatic heterocycles. The van der Waals surface area contributed by atoms with Crippen molar-refractivity contribution in [1.29, 1.82) is 0 Å². The summed E-state index contributed by atoms with van der Waals surface area (Å²) in [6, 6.07) is 0. The Balaban J connectivity index is 1.84. The van der Waals surface area contributed by atoms with Gasteiger partial charge in [0.05, 0.1) is 6.17 Å². The first-order valence-corrected chi connectivity index (χ1v) is 5.66. The fraction of sp³-hybridized carbons (Fsp3) is 1.00. The minimum atomic E-state index is 0.280. The average molecular weight is 198 g/mol. The third-order valence-corrected chi connectivity index (χ3v) is 3.48. The lowest BCUT2D eigenvalue weighted by Crippen LogP contribution is -2.55. The highest BCUT2D eigenvalue weighted by Gasteiger charge is 2.29. The minimum absolute atomic E-state index is 0.280. The first kappa shape index (κ1) is 10.4. The second-order valence-electron chi connectivity index (χ2n) is 4.59. The molecule has 0 bridgehead atoms. The summed E-state index contributed by atoms with van der Waals surface area (Å²) >= 11 is 0. The van der Waals surface area contributed by atoms with Gasteiger partial charge in [-0.05, 0) is 20.0 Å². The van der Waals surface area contributed by atoms with E-state index in [9.17, 15) is 0 Å². The van der Waals surface area contributed by atoms with Crippen LogP contribution in [0.15, 0.2) is 0 Å². The van der Waals surface area contributed by atoms with E-state index in [0.29, 0.717) is 5.92 Å². The third-order valence-electron chi connectivity index (χ3n) is 3.48. The van der Waals surface area contributed by atoms with E-state index < -0.39 is 0 Å². The largest absolute Gasteiger partial charge is 0.315 e. The summed E-state index contributed by atoms with van der Waals surface area (Å²) in [6.45, 7) is 6.80. The van der Waals surface area contributed by atoms with Gasteiger partial charge >= 0.3 is 0 Å². The quantitative estimate of drug-likeness (QED) is 0.605. The van der Waals surface area contributed by atoms with Crippen LogP contribution in [0.25, 0.3) is 0 Å². The predicted octanol–water partition coefficient (Wildman–Crippen LogP) is -0.872. The summed E-state index contributed by atoms with van der Waals surface area (Å²) in [5.74, 6) is 0.679. The molecule has 2 saturated heterocycles. The van der Waals surface area contributed by atoms with E-state index in [1.165, 1.54) is 19.5 Å². The van der Waals surface area contributed by atoms with E-state index in [-0.39, 0.29) is 6.17 Å². The first-order valence-electron chi connectivity index (χ1n) is 5.66. The number of nitrogens with zero attached hydrogens (tertiary/aromatic N) is 2. The smallest absolute Gasteiger partial charge is 0.0614 e. The van der Waals surface area contributed by atoms with E-state index in [2.05, 4.69) is 22.2 Å². The Morgan fingerprint density at radius 3 is 2.57 bits per heavy atom. The molecule has 4 nitrogen and oxygen atoms in total. The number of nitrogens with two attached hydrogens (primary N) is 1. The molecule has 0 amide bonds. The van der Waals surface area contributed by atoms with Gasteiger partial charge in [-0.2, -0.15) is 0 Å². The molecule has 0 spiro atoms. The Morgan fingerprint density at radius 2 is 2.00 bits per heavy atom. The van der Waals surface area contributed by atoms with Gasteiger partial charge in [0.2, 0.25) is 0 Å². The summed E-state index contributed by atoms with van der Waals surface area (Å²) in [7, 11) is 2.18. The lowest BCUT2D eigenvalue weighted by molar-refractivity contribution is 0.130. The summed E-state index contributed by atoms with van der Waals surface area (Å²) in [6.07, 6.45) is 1.55. The van der Waals surface area contributed by atoms with Gasteiger partial charge in [-0.15, -0.1) is 0 Å². The topological polar surface area (TPSA) is 44.5 Å². The number of piperazine rings is 1. The average Bonchev–Trinajstić information content (AvgIpc) is 2.65. The number of hydrogen-bond donors (Lipinski definition) is 2. The van der Waals surface area contributed by atoms with Crippen molar-refractivity contribution >= 4 is 0 Å².